The van der Waals surface area contributed by atoms with Crippen LogP contribution in [0.4, 0.5) is 0 Å². The van der Waals surface area contributed by atoms with Crippen LogP contribution in [-0.4, -0.2) is 33.2 Å². The highest BCUT2D eigenvalue weighted by molar-refractivity contribution is 5.94. The quantitative estimate of drug-likeness (QED) is 0.868. The lowest BCUT2D eigenvalue weighted by Crippen LogP contribution is -2.44. The molecule has 2 aromatic rings. The van der Waals surface area contributed by atoms with E-state index in [1.165, 1.54) is 12.0 Å². The Morgan fingerprint density at radius 3 is 2.81 bits per heavy atom. The molecule has 0 saturated carbocycles. The SMILES string of the molecule is Cn1cc(C(=O)N2CCCC[C@@H]2Cc2ccccc2)cn1. The van der Waals surface area contributed by atoms with E-state index < -0.39 is 0 Å². The summed E-state index contributed by atoms with van der Waals surface area (Å²) in [6.07, 6.45) is 7.78. The van der Waals surface area contributed by atoms with Crippen molar-refractivity contribution in [2.75, 3.05) is 6.54 Å². The van der Waals surface area contributed by atoms with Crippen LogP contribution in [-0.2, 0) is 13.5 Å². The minimum atomic E-state index is 0.115. The van der Waals surface area contributed by atoms with Crippen molar-refractivity contribution in [1.29, 1.82) is 0 Å². The highest BCUT2D eigenvalue weighted by atomic mass is 16.2. The van der Waals surface area contributed by atoms with Gasteiger partial charge in [0.1, 0.15) is 0 Å². The smallest absolute Gasteiger partial charge is 0.257 e. The maximum Gasteiger partial charge on any atom is 0.257 e. The van der Waals surface area contributed by atoms with Gasteiger partial charge in [0.15, 0.2) is 0 Å². The molecule has 0 unspecified atom stereocenters. The molecule has 1 aliphatic heterocycles. The largest absolute Gasteiger partial charge is 0.335 e. The molecule has 21 heavy (non-hydrogen) atoms. The van der Waals surface area contributed by atoms with Crippen LogP contribution in [0.2, 0.25) is 0 Å². The molecule has 1 atom stereocenters. The molecule has 0 bridgehead atoms. The Morgan fingerprint density at radius 2 is 2.10 bits per heavy atom. The highest BCUT2D eigenvalue weighted by Crippen LogP contribution is 2.22. The molecule has 0 spiro atoms. The Balaban J connectivity index is 1.76. The summed E-state index contributed by atoms with van der Waals surface area (Å²) in [5.74, 6) is 0.115. The molecule has 4 nitrogen and oxygen atoms in total. The van der Waals surface area contributed by atoms with E-state index in [2.05, 4.69) is 29.4 Å². The number of likely N-dealkylation sites (tertiary alicyclic amines) is 1. The Labute approximate surface area is 125 Å². The van der Waals surface area contributed by atoms with E-state index in [1.807, 2.05) is 18.0 Å². The third-order valence-electron chi connectivity index (χ3n) is 4.15. The number of amides is 1. The van der Waals surface area contributed by atoms with Crippen LogP contribution in [0, 0.1) is 0 Å². The molecule has 1 saturated heterocycles. The van der Waals surface area contributed by atoms with Crippen LogP contribution in [0.5, 0.6) is 0 Å². The van der Waals surface area contributed by atoms with Crippen molar-refractivity contribution in [3.8, 4) is 0 Å². The maximum atomic E-state index is 12.7. The van der Waals surface area contributed by atoms with Crippen molar-refractivity contribution in [2.45, 2.75) is 31.7 Å². The summed E-state index contributed by atoms with van der Waals surface area (Å²) in [6, 6.07) is 10.7. The van der Waals surface area contributed by atoms with Crippen LogP contribution < -0.4 is 0 Å². The Bertz CT molecular complexity index is 606. The lowest BCUT2D eigenvalue weighted by Gasteiger charge is -2.35. The first-order valence-corrected chi connectivity index (χ1v) is 7.57. The molecule has 3 rings (SSSR count). The Morgan fingerprint density at radius 1 is 1.29 bits per heavy atom. The maximum absolute atomic E-state index is 12.7. The number of benzene rings is 1. The number of aryl methyl sites for hydroxylation is 1. The number of nitrogens with zero attached hydrogens (tertiary/aromatic N) is 3. The van der Waals surface area contributed by atoms with Crippen molar-refractivity contribution in [2.24, 2.45) is 7.05 Å². The molecule has 1 aromatic carbocycles. The number of piperidine rings is 1. The lowest BCUT2D eigenvalue weighted by atomic mass is 9.95. The van der Waals surface area contributed by atoms with Gasteiger partial charge in [0, 0.05) is 25.8 Å². The van der Waals surface area contributed by atoms with Gasteiger partial charge in [0.25, 0.3) is 5.91 Å². The lowest BCUT2D eigenvalue weighted by molar-refractivity contribution is 0.0613. The number of hydrogen-bond acceptors (Lipinski definition) is 2. The average Bonchev–Trinajstić information content (AvgIpc) is 2.95. The van der Waals surface area contributed by atoms with Crippen LogP contribution >= 0.6 is 0 Å². The van der Waals surface area contributed by atoms with E-state index in [0.717, 1.165) is 25.8 Å². The third kappa shape index (κ3) is 3.15. The molecule has 0 aliphatic carbocycles. The first kappa shape index (κ1) is 13.9. The fraction of sp³-hybridized carbons (Fsp3) is 0.412. The van der Waals surface area contributed by atoms with Gasteiger partial charge in [-0.3, -0.25) is 9.48 Å². The zero-order valence-corrected chi connectivity index (χ0v) is 12.4. The fourth-order valence-electron chi connectivity index (χ4n) is 3.06. The second-order valence-corrected chi connectivity index (χ2v) is 5.74. The van der Waals surface area contributed by atoms with E-state index >= 15 is 0 Å². The van der Waals surface area contributed by atoms with Crippen LogP contribution in [0.15, 0.2) is 42.7 Å². The van der Waals surface area contributed by atoms with Gasteiger partial charge in [0.05, 0.1) is 11.8 Å². The second-order valence-electron chi connectivity index (χ2n) is 5.74. The van der Waals surface area contributed by atoms with Crippen molar-refractivity contribution < 1.29 is 4.79 Å². The van der Waals surface area contributed by atoms with Gasteiger partial charge < -0.3 is 4.90 Å². The summed E-state index contributed by atoms with van der Waals surface area (Å²) in [4.78, 5) is 14.7. The Hall–Kier alpha value is -2.10. The summed E-state index contributed by atoms with van der Waals surface area (Å²) < 4.78 is 1.68. The van der Waals surface area contributed by atoms with E-state index in [4.69, 9.17) is 0 Å². The fourth-order valence-corrected chi connectivity index (χ4v) is 3.06. The van der Waals surface area contributed by atoms with Crippen molar-refractivity contribution in [1.82, 2.24) is 14.7 Å². The Kier molecular flexibility index (Phi) is 4.04. The van der Waals surface area contributed by atoms with Crippen LogP contribution in [0.3, 0.4) is 0 Å². The minimum Gasteiger partial charge on any atom is -0.335 e. The molecule has 1 fully saturated rings. The highest BCUT2D eigenvalue weighted by Gasteiger charge is 2.28. The summed E-state index contributed by atoms with van der Waals surface area (Å²) in [7, 11) is 1.84. The number of hydrogen-bond donors (Lipinski definition) is 0. The molecular formula is C17H21N3O. The topological polar surface area (TPSA) is 38.1 Å². The number of carbonyl (C=O) groups is 1. The molecular weight excluding hydrogens is 262 g/mol. The van der Waals surface area contributed by atoms with Gasteiger partial charge in [0.2, 0.25) is 0 Å². The molecule has 0 radical (unpaired) electrons. The molecule has 2 heterocycles. The second kappa shape index (κ2) is 6.12. The third-order valence-corrected chi connectivity index (χ3v) is 4.15. The average molecular weight is 283 g/mol. The molecule has 110 valence electrons. The van der Waals surface area contributed by atoms with Gasteiger partial charge >= 0.3 is 0 Å². The van der Waals surface area contributed by atoms with Crippen molar-refractivity contribution >= 4 is 5.91 Å². The summed E-state index contributed by atoms with van der Waals surface area (Å²) in [5.41, 5.74) is 1.99. The van der Waals surface area contributed by atoms with Gasteiger partial charge in [-0.1, -0.05) is 30.3 Å². The number of carbonyl (C=O) groups excluding carboxylic acids is 1. The number of rotatable bonds is 3. The normalized spacial score (nSPS) is 18.7. The van der Waals surface area contributed by atoms with E-state index in [9.17, 15) is 4.79 Å². The molecule has 1 amide bonds. The first-order chi connectivity index (χ1) is 10.2. The standard InChI is InChI=1S/C17H21N3O/c1-19-13-15(12-18-19)17(21)20-10-6-5-9-16(20)11-14-7-3-2-4-8-14/h2-4,7-8,12-13,16H,5-6,9-11H2,1H3/t16-/m1/s1. The predicted octanol–water partition coefficient (Wildman–Crippen LogP) is 2.66. The molecule has 1 aliphatic rings. The van der Waals surface area contributed by atoms with Crippen LogP contribution in [0.25, 0.3) is 0 Å². The molecule has 1 aromatic heterocycles. The zero-order chi connectivity index (χ0) is 14.7. The summed E-state index contributed by atoms with van der Waals surface area (Å²) in [5, 5.41) is 4.11. The van der Waals surface area contributed by atoms with Crippen LogP contribution in [0.1, 0.15) is 35.2 Å². The summed E-state index contributed by atoms with van der Waals surface area (Å²) >= 11 is 0. The van der Waals surface area contributed by atoms with E-state index in [1.54, 1.807) is 17.1 Å². The summed E-state index contributed by atoms with van der Waals surface area (Å²) in [6.45, 7) is 0.852. The molecule has 0 N–H and O–H groups in total. The monoisotopic (exact) mass is 283 g/mol. The first-order valence-electron chi connectivity index (χ1n) is 7.57. The number of aromatic nitrogens is 2. The predicted molar refractivity (Wildman–Crippen MR) is 82.0 cm³/mol. The van der Waals surface area contributed by atoms with Gasteiger partial charge in [-0.15, -0.1) is 0 Å². The van der Waals surface area contributed by atoms with Gasteiger partial charge in [-0.2, -0.15) is 5.10 Å². The zero-order valence-electron chi connectivity index (χ0n) is 12.4. The van der Waals surface area contributed by atoms with E-state index in [-0.39, 0.29) is 5.91 Å². The van der Waals surface area contributed by atoms with E-state index in [0.29, 0.717) is 11.6 Å². The van der Waals surface area contributed by atoms with Gasteiger partial charge in [-0.05, 0) is 31.2 Å². The minimum absolute atomic E-state index is 0.115. The van der Waals surface area contributed by atoms with Gasteiger partial charge in [-0.25, -0.2) is 0 Å². The van der Waals surface area contributed by atoms with Crippen molar-refractivity contribution in [3.05, 3.63) is 53.9 Å². The molecule has 4 heteroatoms. The van der Waals surface area contributed by atoms with Crippen molar-refractivity contribution in [3.63, 3.8) is 0 Å².